The van der Waals surface area contributed by atoms with Crippen LogP contribution in [0.2, 0.25) is 0 Å². The highest BCUT2D eigenvalue weighted by atomic mass is 16.5. The van der Waals surface area contributed by atoms with Gasteiger partial charge in [-0.05, 0) is 84.3 Å². The van der Waals surface area contributed by atoms with Gasteiger partial charge in [-0.25, -0.2) is 0 Å². The Balaban J connectivity index is 1.26. The molecule has 1 aliphatic heterocycles. The molecule has 0 radical (unpaired) electrons. The van der Waals surface area contributed by atoms with E-state index in [1.807, 2.05) is 85.8 Å². The fourth-order valence-electron chi connectivity index (χ4n) is 4.64. The second-order valence-electron chi connectivity index (χ2n) is 9.40. The third-order valence-corrected chi connectivity index (χ3v) is 6.75. The molecule has 5 rings (SSSR count). The number of carbonyl (C=O) groups excluding carboxylic acids is 2. The number of anilines is 3. The molecule has 4 aromatic carbocycles. The second-order valence-corrected chi connectivity index (χ2v) is 9.40. The highest BCUT2D eigenvalue weighted by Crippen LogP contribution is 2.27. The number of hydrogen-bond donors (Lipinski definition) is 2. The number of nitrogens with zero attached hydrogens (tertiary/aromatic N) is 1. The fraction of sp³-hybridized carbons (Fsp3) is 0.188. The van der Waals surface area contributed by atoms with Gasteiger partial charge in [-0.1, -0.05) is 24.3 Å². The Morgan fingerprint density at radius 2 is 1.46 bits per heavy atom. The van der Waals surface area contributed by atoms with Crippen molar-refractivity contribution in [2.45, 2.75) is 6.92 Å². The zero-order chi connectivity index (χ0) is 27.2. The molecule has 0 bridgehead atoms. The van der Waals surface area contributed by atoms with Gasteiger partial charge in [-0.3, -0.25) is 9.59 Å². The van der Waals surface area contributed by atoms with Crippen molar-refractivity contribution in [1.29, 1.82) is 0 Å². The number of benzene rings is 4. The minimum absolute atomic E-state index is 0.171. The van der Waals surface area contributed by atoms with E-state index in [4.69, 9.17) is 9.47 Å². The maximum Gasteiger partial charge on any atom is 0.255 e. The van der Waals surface area contributed by atoms with E-state index in [9.17, 15) is 9.59 Å². The van der Waals surface area contributed by atoms with Gasteiger partial charge in [0.1, 0.15) is 5.75 Å². The average Bonchev–Trinajstić information content (AvgIpc) is 2.98. The number of aryl methyl sites for hydroxylation is 1. The Hall–Kier alpha value is -4.62. The number of nitrogens with one attached hydrogen (secondary N) is 2. The number of rotatable bonds is 7. The molecular formula is C32H31N3O4. The molecule has 1 fully saturated rings. The third kappa shape index (κ3) is 6.27. The van der Waals surface area contributed by atoms with Gasteiger partial charge in [-0.15, -0.1) is 0 Å². The van der Waals surface area contributed by atoms with E-state index in [1.54, 1.807) is 19.2 Å². The van der Waals surface area contributed by atoms with Crippen LogP contribution in [0.4, 0.5) is 17.1 Å². The highest BCUT2D eigenvalue weighted by Gasteiger charge is 2.14. The van der Waals surface area contributed by atoms with Crippen LogP contribution >= 0.6 is 0 Å². The van der Waals surface area contributed by atoms with E-state index in [-0.39, 0.29) is 11.8 Å². The molecule has 2 N–H and O–H groups in total. The summed E-state index contributed by atoms with van der Waals surface area (Å²) in [6.45, 7) is 5.16. The van der Waals surface area contributed by atoms with E-state index in [2.05, 4.69) is 15.5 Å². The van der Waals surface area contributed by atoms with Crippen LogP contribution < -0.4 is 20.3 Å². The third-order valence-electron chi connectivity index (χ3n) is 6.75. The Labute approximate surface area is 228 Å². The molecule has 198 valence electrons. The lowest BCUT2D eigenvalue weighted by atomic mass is 9.96. The monoisotopic (exact) mass is 521 g/mol. The minimum Gasteiger partial charge on any atom is -0.497 e. The van der Waals surface area contributed by atoms with Crippen molar-refractivity contribution < 1.29 is 19.1 Å². The first-order valence-electron chi connectivity index (χ1n) is 12.9. The lowest BCUT2D eigenvalue weighted by Gasteiger charge is -2.28. The van der Waals surface area contributed by atoms with Crippen LogP contribution in [0.1, 0.15) is 26.3 Å². The summed E-state index contributed by atoms with van der Waals surface area (Å²) >= 11 is 0. The van der Waals surface area contributed by atoms with Crippen molar-refractivity contribution in [3.8, 4) is 16.9 Å². The average molecular weight is 522 g/mol. The zero-order valence-electron chi connectivity index (χ0n) is 22.1. The summed E-state index contributed by atoms with van der Waals surface area (Å²) in [7, 11) is 1.59. The van der Waals surface area contributed by atoms with Crippen LogP contribution in [0, 0.1) is 6.92 Å². The SMILES string of the molecule is COc1cccc(NC(=O)c2cccc(-c3ccc(C(=O)Nc4ccc(N5CCOCC5)cc4)cc3C)c2)c1. The van der Waals surface area contributed by atoms with Gasteiger partial charge < -0.3 is 25.0 Å². The van der Waals surface area contributed by atoms with Crippen molar-refractivity contribution in [2.75, 3.05) is 48.9 Å². The Morgan fingerprint density at radius 1 is 0.769 bits per heavy atom. The molecule has 0 aromatic heterocycles. The van der Waals surface area contributed by atoms with Crippen LogP contribution in [0.3, 0.4) is 0 Å². The van der Waals surface area contributed by atoms with Crippen LogP contribution in [0.15, 0.2) is 91.0 Å². The first kappa shape index (κ1) is 26.0. The zero-order valence-corrected chi connectivity index (χ0v) is 22.1. The van der Waals surface area contributed by atoms with Gasteiger partial charge in [0, 0.05) is 47.3 Å². The minimum atomic E-state index is -0.210. The maximum atomic E-state index is 13.0. The fourth-order valence-corrected chi connectivity index (χ4v) is 4.64. The van der Waals surface area contributed by atoms with Crippen LogP contribution in [0.25, 0.3) is 11.1 Å². The lowest BCUT2D eigenvalue weighted by molar-refractivity contribution is 0.101. The van der Waals surface area contributed by atoms with Gasteiger partial charge in [0.15, 0.2) is 0 Å². The van der Waals surface area contributed by atoms with Gasteiger partial charge in [0.2, 0.25) is 0 Å². The van der Waals surface area contributed by atoms with E-state index in [1.165, 1.54) is 0 Å². The summed E-state index contributed by atoms with van der Waals surface area (Å²) in [5, 5.41) is 5.90. The van der Waals surface area contributed by atoms with Crippen LogP contribution in [0.5, 0.6) is 5.75 Å². The number of amides is 2. The Morgan fingerprint density at radius 3 is 2.18 bits per heavy atom. The molecule has 0 unspecified atom stereocenters. The van der Waals surface area contributed by atoms with Gasteiger partial charge in [-0.2, -0.15) is 0 Å². The van der Waals surface area contributed by atoms with E-state index < -0.39 is 0 Å². The summed E-state index contributed by atoms with van der Waals surface area (Å²) in [5.74, 6) is 0.292. The highest BCUT2D eigenvalue weighted by molar-refractivity contribution is 6.06. The molecule has 0 spiro atoms. The first-order chi connectivity index (χ1) is 19.0. The van der Waals surface area contributed by atoms with Gasteiger partial charge >= 0.3 is 0 Å². The largest absolute Gasteiger partial charge is 0.497 e. The predicted octanol–water partition coefficient (Wildman–Crippen LogP) is 6.01. The molecule has 1 saturated heterocycles. The van der Waals surface area contributed by atoms with Crippen molar-refractivity contribution in [3.63, 3.8) is 0 Å². The van der Waals surface area contributed by atoms with E-state index in [0.29, 0.717) is 22.6 Å². The summed E-state index contributed by atoms with van der Waals surface area (Å²) < 4.78 is 10.7. The molecule has 2 amide bonds. The van der Waals surface area contributed by atoms with Crippen molar-refractivity contribution in [1.82, 2.24) is 0 Å². The van der Waals surface area contributed by atoms with Crippen LogP contribution in [-0.4, -0.2) is 45.2 Å². The maximum absolute atomic E-state index is 13.0. The van der Waals surface area contributed by atoms with Crippen molar-refractivity contribution >= 4 is 28.9 Å². The topological polar surface area (TPSA) is 79.9 Å². The molecule has 4 aromatic rings. The van der Waals surface area contributed by atoms with Crippen molar-refractivity contribution in [2.24, 2.45) is 0 Å². The van der Waals surface area contributed by atoms with E-state index in [0.717, 1.165) is 54.4 Å². The molecule has 1 heterocycles. The molecule has 0 aliphatic carbocycles. The number of ether oxygens (including phenoxy) is 2. The van der Waals surface area contributed by atoms with Gasteiger partial charge in [0.25, 0.3) is 11.8 Å². The Kier molecular flexibility index (Phi) is 7.89. The normalized spacial score (nSPS) is 13.0. The molecular weight excluding hydrogens is 490 g/mol. The lowest BCUT2D eigenvalue weighted by Crippen LogP contribution is -2.36. The van der Waals surface area contributed by atoms with Crippen molar-refractivity contribution in [3.05, 3.63) is 108 Å². The number of carbonyl (C=O) groups is 2. The summed E-state index contributed by atoms with van der Waals surface area (Å²) in [5.41, 5.74) is 6.43. The van der Waals surface area contributed by atoms with Gasteiger partial charge in [0.05, 0.1) is 20.3 Å². The molecule has 7 heteroatoms. The first-order valence-corrected chi connectivity index (χ1v) is 12.9. The predicted molar refractivity (Wildman–Crippen MR) is 155 cm³/mol. The molecule has 7 nitrogen and oxygen atoms in total. The molecule has 0 atom stereocenters. The molecule has 1 aliphatic rings. The summed E-state index contributed by atoms with van der Waals surface area (Å²) in [6.07, 6.45) is 0. The number of morpholine rings is 1. The second kappa shape index (κ2) is 11.8. The summed E-state index contributed by atoms with van der Waals surface area (Å²) in [6, 6.07) is 28.2. The Bertz CT molecular complexity index is 1480. The molecule has 39 heavy (non-hydrogen) atoms. The smallest absolute Gasteiger partial charge is 0.255 e. The standard InChI is InChI=1S/C32H31N3O4/c1-22-19-25(32(37)33-26-10-12-28(13-11-26)35-15-17-39-18-16-35)9-14-30(22)23-5-3-6-24(20-23)31(36)34-27-7-4-8-29(21-27)38-2/h3-14,19-21H,15-18H2,1-2H3,(H,33,37)(H,34,36). The van der Waals surface area contributed by atoms with Crippen LogP contribution in [-0.2, 0) is 4.74 Å². The quantitative estimate of drug-likeness (QED) is 0.311. The van der Waals surface area contributed by atoms with E-state index >= 15 is 0 Å². The summed E-state index contributed by atoms with van der Waals surface area (Å²) in [4.78, 5) is 28.1. The number of hydrogen-bond acceptors (Lipinski definition) is 5. The molecule has 0 saturated carbocycles. The number of methoxy groups -OCH3 is 1.